The van der Waals surface area contributed by atoms with E-state index in [2.05, 4.69) is 39.5 Å². The van der Waals surface area contributed by atoms with E-state index in [4.69, 9.17) is 4.74 Å². The standard InChI is InChI=1S/C16H24O/c1-5-7-8-9-14(4)17-16-11-10-15(6-2)13(3)12-16/h6,10-12,14H,2,5,7-9H2,1,3-4H3. The first-order valence-corrected chi connectivity index (χ1v) is 6.57. The van der Waals surface area contributed by atoms with E-state index in [1.54, 1.807) is 0 Å². The Labute approximate surface area is 106 Å². The van der Waals surface area contributed by atoms with Gasteiger partial charge in [-0.1, -0.05) is 38.5 Å². The van der Waals surface area contributed by atoms with Crippen molar-refractivity contribution in [3.8, 4) is 5.75 Å². The van der Waals surface area contributed by atoms with Gasteiger partial charge in [0, 0.05) is 0 Å². The number of hydrogen-bond acceptors (Lipinski definition) is 1. The summed E-state index contributed by atoms with van der Waals surface area (Å²) in [7, 11) is 0. The lowest BCUT2D eigenvalue weighted by molar-refractivity contribution is 0.206. The zero-order valence-electron chi connectivity index (χ0n) is 11.3. The van der Waals surface area contributed by atoms with Crippen LogP contribution < -0.4 is 4.74 Å². The highest BCUT2D eigenvalue weighted by atomic mass is 16.5. The van der Waals surface area contributed by atoms with E-state index < -0.39 is 0 Å². The minimum atomic E-state index is 0.301. The Kier molecular flexibility index (Phi) is 5.82. The fourth-order valence-electron chi connectivity index (χ4n) is 1.92. The molecule has 0 aliphatic rings. The van der Waals surface area contributed by atoms with Crippen molar-refractivity contribution < 1.29 is 4.74 Å². The lowest BCUT2D eigenvalue weighted by Gasteiger charge is -2.15. The predicted octanol–water partition coefficient (Wildman–Crippen LogP) is 4.99. The summed E-state index contributed by atoms with van der Waals surface area (Å²) in [6.45, 7) is 10.3. The summed E-state index contributed by atoms with van der Waals surface area (Å²) in [5.74, 6) is 0.970. The van der Waals surface area contributed by atoms with Crippen LogP contribution in [0.3, 0.4) is 0 Å². The van der Waals surface area contributed by atoms with Crippen molar-refractivity contribution in [1.82, 2.24) is 0 Å². The first-order valence-electron chi connectivity index (χ1n) is 6.57. The van der Waals surface area contributed by atoms with Gasteiger partial charge in [0.05, 0.1) is 6.10 Å². The number of aryl methyl sites for hydroxylation is 1. The number of hydrogen-bond donors (Lipinski definition) is 0. The first kappa shape index (κ1) is 13.8. The zero-order chi connectivity index (χ0) is 12.7. The average Bonchev–Trinajstić information content (AvgIpc) is 2.29. The molecular formula is C16H24O. The lowest BCUT2D eigenvalue weighted by atomic mass is 10.1. The molecule has 0 radical (unpaired) electrons. The molecular weight excluding hydrogens is 208 g/mol. The SMILES string of the molecule is C=Cc1ccc(OC(C)CCCCC)cc1C. The van der Waals surface area contributed by atoms with E-state index in [-0.39, 0.29) is 0 Å². The van der Waals surface area contributed by atoms with Crippen LogP contribution in [0.15, 0.2) is 24.8 Å². The summed E-state index contributed by atoms with van der Waals surface area (Å²) in [6, 6.07) is 6.18. The number of rotatable bonds is 7. The molecule has 0 aliphatic carbocycles. The van der Waals surface area contributed by atoms with Gasteiger partial charge in [-0.15, -0.1) is 0 Å². The molecule has 1 aromatic carbocycles. The number of ether oxygens (including phenoxy) is 1. The maximum atomic E-state index is 5.91. The number of benzene rings is 1. The van der Waals surface area contributed by atoms with Gasteiger partial charge in [-0.25, -0.2) is 0 Å². The minimum absolute atomic E-state index is 0.301. The Hall–Kier alpha value is -1.24. The highest BCUT2D eigenvalue weighted by Crippen LogP contribution is 2.20. The molecule has 0 heterocycles. The molecule has 0 bridgehead atoms. The molecule has 1 aromatic rings. The third-order valence-corrected chi connectivity index (χ3v) is 3.01. The molecule has 94 valence electrons. The van der Waals surface area contributed by atoms with Crippen molar-refractivity contribution >= 4 is 6.08 Å². The zero-order valence-corrected chi connectivity index (χ0v) is 11.3. The summed E-state index contributed by atoms with van der Waals surface area (Å²) in [5.41, 5.74) is 2.40. The Bertz CT molecular complexity index is 355. The topological polar surface area (TPSA) is 9.23 Å². The molecule has 17 heavy (non-hydrogen) atoms. The molecule has 0 amide bonds. The molecule has 1 heteroatoms. The van der Waals surface area contributed by atoms with Crippen LogP contribution in [-0.4, -0.2) is 6.10 Å². The van der Waals surface area contributed by atoms with Crippen LogP contribution in [-0.2, 0) is 0 Å². The van der Waals surface area contributed by atoms with Crippen molar-refractivity contribution in [2.24, 2.45) is 0 Å². The van der Waals surface area contributed by atoms with E-state index in [1.807, 2.05) is 12.1 Å². The lowest BCUT2D eigenvalue weighted by Crippen LogP contribution is -2.11. The Morgan fingerprint density at radius 1 is 1.35 bits per heavy atom. The Morgan fingerprint density at radius 3 is 2.71 bits per heavy atom. The quantitative estimate of drug-likeness (QED) is 0.602. The van der Waals surface area contributed by atoms with Gasteiger partial charge in [0.2, 0.25) is 0 Å². The van der Waals surface area contributed by atoms with Crippen LogP contribution in [0.25, 0.3) is 6.08 Å². The van der Waals surface area contributed by atoms with Crippen LogP contribution >= 0.6 is 0 Å². The molecule has 0 aromatic heterocycles. The first-order chi connectivity index (χ1) is 8.17. The van der Waals surface area contributed by atoms with Gasteiger partial charge in [0.1, 0.15) is 5.75 Å². The van der Waals surface area contributed by atoms with E-state index in [9.17, 15) is 0 Å². The average molecular weight is 232 g/mol. The van der Waals surface area contributed by atoms with Crippen LogP contribution in [0.5, 0.6) is 5.75 Å². The van der Waals surface area contributed by atoms with Crippen molar-refractivity contribution in [3.05, 3.63) is 35.9 Å². The number of unbranched alkanes of at least 4 members (excludes halogenated alkanes) is 2. The van der Waals surface area contributed by atoms with Crippen molar-refractivity contribution in [1.29, 1.82) is 0 Å². The Morgan fingerprint density at radius 2 is 2.12 bits per heavy atom. The molecule has 0 N–H and O–H groups in total. The normalized spacial score (nSPS) is 12.2. The molecule has 0 saturated heterocycles. The Balaban J connectivity index is 2.50. The summed E-state index contributed by atoms with van der Waals surface area (Å²) in [5, 5.41) is 0. The van der Waals surface area contributed by atoms with Crippen molar-refractivity contribution in [2.75, 3.05) is 0 Å². The van der Waals surface area contributed by atoms with E-state index in [0.717, 1.165) is 12.2 Å². The smallest absolute Gasteiger partial charge is 0.120 e. The minimum Gasteiger partial charge on any atom is -0.491 e. The fourth-order valence-corrected chi connectivity index (χ4v) is 1.92. The maximum absolute atomic E-state index is 5.91. The van der Waals surface area contributed by atoms with Crippen molar-refractivity contribution in [2.45, 2.75) is 52.6 Å². The summed E-state index contributed by atoms with van der Waals surface area (Å²) >= 11 is 0. The summed E-state index contributed by atoms with van der Waals surface area (Å²) in [4.78, 5) is 0. The van der Waals surface area contributed by atoms with Crippen LogP contribution in [0, 0.1) is 6.92 Å². The second-order valence-electron chi connectivity index (χ2n) is 4.65. The third-order valence-electron chi connectivity index (χ3n) is 3.01. The fraction of sp³-hybridized carbons (Fsp3) is 0.500. The van der Waals surface area contributed by atoms with Gasteiger partial charge < -0.3 is 4.74 Å². The van der Waals surface area contributed by atoms with Gasteiger partial charge in [0.15, 0.2) is 0 Å². The molecule has 1 unspecified atom stereocenters. The maximum Gasteiger partial charge on any atom is 0.120 e. The molecule has 1 rings (SSSR count). The van der Waals surface area contributed by atoms with Gasteiger partial charge in [-0.05, 0) is 49.9 Å². The second kappa shape index (κ2) is 7.16. The van der Waals surface area contributed by atoms with E-state index in [0.29, 0.717) is 6.10 Å². The second-order valence-corrected chi connectivity index (χ2v) is 4.65. The monoisotopic (exact) mass is 232 g/mol. The molecule has 0 spiro atoms. The van der Waals surface area contributed by atoms with Crippen LogP contribution in [0.2, 0.25) is 0 Å². The van der Waals surface area contributed by atoms with Crippen molar-refractivity contribution in [3.63, 3.8) is 0 Å². The summed E-state index contributed by atoms with van der Waals surface area (Å²) < 4.78 is 5.91. The van der Waals surface area contributed by atoms with Crippen LogP contribution in [0.1, 0.15) is 50.7 Å². The molecule has 1 nitrogen and oxygen atoms in total. The molecule has 0 aliphatic heterocycles. The molecule has 0 fully saturated rings. The third kappa shape index (κ3) is 4.64. The highest BCUT2D eigenvalue weighted by molar-refractivity contribution is 5.53. The van der Waals surface area contributed by atoms with Gasteiger partial charge in [-0.3, -0.25) is 0 Å². The molecule has 1 atom stereocenters. The van der Waals surface area contributed by atoms with Crippen LogP contribution in [0.4, 0.5) is 0 Å². The predicted molar refractivity (Wildman–Crippen MR) is 75.5 cm³/mol. The van der Waals surface area contributed by atoms with E-state index in [1.165, 1.54) is 30.4 Å². The summed E-state index contributed by atoms with van der Waals surface area (Å²) in [6.07, 6.45) is 7.12. The van der Waals surface area contributed by atoms with Gasteiger partial charge >= 0.3 is 0 Å². The van der Waals surface area contributed by atoms with Gasteiger partial charge in [0.25, 0.3) is 0 Å². The van der Waals surface area contributed by atoms with Gasteiger partial charge in [-0.2, -0.15) is 0 Å². The molecule has 0 saturated carbocycles. The largest absolute Gasteiger partial charge is 0.491 e. The van der Waals surface area contributed by atoms with E-state index >= 15 is 0 Å². The highest BCUT2D eigenvalue weighted by Gasteiger charge is 2.04.